The summed E-state index contributed by atoms with van der Waals surface area (Å²) in [5, 5.41) is 3.12. The van der Waals surface area contributed by atoms with Crippen molar-refractivity contribution in [2.75, 3.05) is 0 Å². The van der Waals surface area contributed by atoms with Crippen molar-refractivity contribution in [3.8, 4) is 0 Å². The van der Waals surface area contributed by atoms with Gasteiger partial charge in [-0.1, -0.05) is 58.4 Å². The van der Waals surface area contributed by atoms with Gasteiger partial charge in [-0.2, -0.15) is 0 Å². The number of rotatable bonds is 3. The van der Waals surface area contributed by atoms with E-state index in [1.807, 2.05) is 67.6 Å². The molecule has 0 saturated carbocycles. The summed E-state index contributed by atoms with van der Waals surface area (Å²) in [6.45, 7) is 2.08. The van der Waals surface area contributed by atoms with Crippen LogP contribution in [0.5, 0.6) is 0 Å². The number of furan rings is 1. The highest BCUT2D eigenvalue weighted by Crippen LogP contribution is 2.29. The molecule has 0 N–H and O–H groups in total. The summed E-state index contributed by atoms with van der Waals surface area (Å²) < 4.78 is 12.2. The Bertz CT molecular complexity index is 1090. The molecule has 124 valence electrons. The molecule has 3 aromatic carbocycles. The van der Waals surface area contributed by atoms with Crippen molar-refractivity contribution in [3.05, 3.63) is 82.0 Å². The summed E-state index contributed by atoms with van der Waals surface area (Å²) in [5.41, 5.74) is 2.44. The first-order valence-corrected chi connectivity index (χ1v) is 8.75. The molecule has 0 atom stereocenters. The molecule has 0 fully saturated rings. The molecule has 0 bridgehead atoms. The Morgan fingerprint density at radius 1 is 1.04 bits per heavy atom. The fraction of sp³-hybridized carbons (Fsp3) is 0.0952. The maximum absolute atomic E-state index is 12.5. The number of fused-ring (bicyclic) bond motifs is 2. The van der Waals surface area contributed by atoms with Crippen LogP contribution in [0, 0.1) is 6.92 Å². The zero-order valence-corrected chi connectivity index (χ0v) is 15.2. The molecule has 3 nitrogen and oxygen atoms in total. The standard InChI is InChI=1S/C21H15BrO3/c1-13-18-11-16(22)9-10-19(18)25-20(13)21(23)24-12-15-7-4-6-14-5-2-3-8-17(14)15/h2-11H,12H2,1H3. The fourth-order valence-corrected chi connectivity index (χ4v) is 3.38. The summed E-state index contributed by atoms with van der Waals surface area (Å²) in [7, 11) is 0. The van der Waals surface area contributed by atoms with E-state index in [0.717, 1.165) is 31.8 Å². The number of carbonyl (C=O) groups is 1. The van der Waals surface area contributed by atoms with Crippen molar-refractivity contribution in [1.29, 1.82) is 0 Å². The van der Waals surface area contributed by atoms with E-state index in [0.29, 0.717) is 5.58 Å². The van der Waals surface area contributed by atoms with E-state index in [1.54, 1.807) is 0 Å². The van der Waals surface area contributed by atoms with Gasteiger partial charge >= 0.3 is 5.97 Å². The highest BCUT2D eigenvalue weighted by molar-refractivity contribution is 9.10. The predicted octanol–water partition coefficient (Wildman–Crippen LogP) is 6.01. The van der Waals surface area contributed by atoms with E-state index in [4.69, 9.17) is 9.15 Å². The molecule has 0 unspecified atom stereocenters. The minimum absolute atomic E-state index is 0.209. The van der Waals surface area contributed by atoms with Crippen LogP contribution < -0.4 is 0 Å². The topological polar surface area (TPSA) is 39.4 Å². The van der Waals surface area contributed by atoms with E-state index >= 15 is 0 Å². The van der Waals surface area contributed by atoms with Gasteiger partial charge in [0.25, 0.3) is 0 Å². The molecule has 4 heteroatoms. The highest BCUT2D eigenvalue weighted by Gasteiger charge is 2.19. The van der Waals surface area contributed by atoms with Crippen LogP contribution >= 0.6 is 15.9 Å². The fourth-order valence-electron chi connectivity index (χ4n) is 3.02. The largest absolute Gasteiger partial charge is 0.455 e. The third-order valence-electron chi connectivity index (χ3n) is 4.32. The van der Waals surface area contributed by atoms with Crippen molar-refractivity contribution in [1.82, 2.24) is 0 Å². The summed E-state index contributed by atoms with van der Waals surface area (Å²) >= 11 is 3.44. The number of esters is 1. The number of aryl methyl sites for hydroxylation is 1. The molecule has 0 saturated heterocycles. The first-order valence-electron chi connectivity index (χ1n) is 7.96. The highest BCUT2D eigenvalue weighted by atomic mass is 79.9. The minimum atomic E-state index is -0.447. The Hall–Kier alpha value is -2.59. The van der Waals surface area contributed by atoms with Crippen LogP contribution in [0.15, 0.2) is 69.6 Å². The average Bonchev–Trinajstić information content (AvgIpc) is 2.96. The Kier molecular flexibility index (Phi) is 4.06. The second-order valence-electron chi connectivity index (χ2n) is 5.91. The Morgan fingerprint density at radius 3 is 2.72 bits per heavy atom. The first-order chi connectivity index (χ1) is 12.1. The van der Waals surface area contributed by atoms with Crippen molar-refractivity contribution in [3.63, 3.8) is 0 Å². The molecule has 25 heavy (non-hydrogen) atoms. The van der Waals surface area contributed by atoms with Crippen molar-refractivity contribution < 1.29 is 13.9 Å². The molecule has 4 rings (SSSR count). The molecule has 0 amide bonds. The van der Waals surface area contributed by atoms with Gasteiger partial charge in [0.2, 0.25) is 5.76 Å². The van der Waals surface area contributed by atoms with Crippen LogP contribution in [-0.2, 0) is 11.3 Å². The number of carbonyl (C=O) groups excluding carboxylic acids is 1. The molecule has 1 aromatic heterocycles. The lowest BCUT2D eigenvalue weighted by Crippen LogP contribution is -2.05. The number of hydrogen-bond donors (Lipinski definition) is 0. The summed E-state index contributed by atoms with van der Waals surface area (Å²) in [6, 6.07) is 19.7. The van der Waals surface area contributed by atoms with Crippen molar-refractivity contribution in [2.45, 2.75) is 13.5 Å². The van der Waals surface area contributed by atoms with E-state index in [2.05, 4.69) is 15.9 Å². The summed E-state index contributed by atoms with van der Waals surface area (Å²) in [6.07, 6.45) is 0. The summed E-state index contributed by atoms with van der Waals surface area (Å²) in [5.74, 6) is -0.189. The third kappa shape index (κ3) is 2.94. The van der Waals surface area contributed by atoms with Crippen LogP contribution in [0.25, 0.3) is 21.7 Å². The van der Waals surface area contributed by atoms with Gasteiger partial charge in [0.15, 0.2) is 0 Å². The van der Waals surface area contributed by atoms with Gasteiger partial charge in [0.05, 0.1) is 0 Å². The molecule has 0 radical (unpaired) electrons. The van der Waals surface area contributed by atoms with Gasteiger partial charge in [0.1, 0.15) is 12.2 Å². The van der Waals surface area contributed by atoms with Crippen LogP contribution in [0.4, 0.5) is 0 Å². The maximum Gasteiger partial charge on any atom is 0.374 e. The van der Waals surface area contributed by atoms with Crippen LogP contribution in [0.1, 0.15) is 21.7 Å². The second-order valence-corrected chi connectivity index (χ2v) is 6.83. The SMILES string of the molecule is Cc1c(C(=O)OCc2cccc3ccccc23)oc2ccc(Br)cc12. The third-order valence-corrected chi connectivity index (χ3v) is 4.82. The zero-order valence-electron chi connectivity index (χ0n) is 13.6. The van der Waals surface area contributed by atoms with E-state index in [-0.39, 0.29) is 12.4 Å². The van der Waals surface area contributed by atoms with E-state index in [9.17, 15) is 4.79 Å². The minimum Gasteiger partial charge on any atom is -0.455 e. The monoisotopic (exact) mass is 394 g/mol. The quantitative estimate of drug-likeness (QED) is 0.399. The first kappa shape index (κ1) is 15.9. The number of benzene rings is 3. The molecule has 1 heterocycles. The van der Waals surface area contributed by atoms with Gasteiger partial charge in [0, 0.05) is 15.4 Å². The van der Waals surface area contributed by atoms with Gasteiger partial charge in [-0.3, -0.25) is 0 Å². The normalized spacial score (nSPS) is 11.1. The lowest BCUT2D eigenvalue weighted by atomic mass is 10.1. The molecule has 0 aliphatic rings. The van der Waals surface area contributed by atoms with Gasteiger partial charge < -0.3 is 9.15 Å². The molecule has 4 aromatic rings. The molecular weight excluding hydrogens is 380 g/mol. The molecular formula is C21H15BrO3. The van der Waals surface area contributed by atoms with Crippen LogP contribution in [-0.4, -0.2) is 5.97 Å². The Balaban J connectivity index is 1.61. The van der Waals surface area contributed by atoms with Gasteiger partial charge in [-0.05, 0) is 41.5 Å². The van der Waals surface area contributed by atoms with Gasteiger partial charge in [-0.15, -0.1) is 0 Å². The Morgan fingerprint density at radius 2 is 1.84 bits per heavy atom. The van der Waals surface area contributed by atoms with E-state index in [1.165, 1.54) is 0 Å². The number of ether oxygens (including phenoxy) is 1. The Labute approximate surface area is 153 Å². The smallest absolute Gasteiger partial charge is 0.374 e. The second kappa shape index (κ2) is 6.37. The van der Waals surface area contributed by atoms with Crippen molar-refractivity contribution in [2.24, 2.45) is 0 Å². The number of hydrogen-bond acceptors (Lipinski definition) is 3. The van der Waals surface area contributed by atoms with Crippen LogP contribution in [0.2, 0.25) is 0 Å². The predicted molar refractivity (Wildman–Crippen MR) is 102 cm³/mol. The van der Waals surface area contributed by atoms with Crippen molar-refractivity contribution >= 4 is 43.6 Å². The number of halogens is 1. The molecule has 0 spiro atoms. The lowest BCUT2D eigenvalue weighted by Gasteiger charge is -2.07. The van der Waals surface area contributed by atoms with Crippen LogP contribution in [0.3, 0.4) is 0 Å². The van der Waals surface area contributed by atoms with E-state index < -0.39 is 5.97 Å². The zero-order chi connectivity index (χ0) is 17.4. The lowest BCUT2D eigenvalue weighted by molar-refractivity contribution is 0.0439. The molecule has 0 aliphatic carbocycles. The van der Waals surface area contributed by atoms with Gasteiger partial charge in [-0.25, -0.2) is 4.79 Å². The average molecular weight is 395 g/mol. The summed E-state index contributed by atoms with van der Waals surface area (Å²) in [4.78, 5) is 12.5. The molecule has 0 aliphatic heterocycles. The maximum atomic E-state index is 12.5.